The van der Waals surface area contributed by atoms with Crippen LogP contribution in [0, 0.1) is 5.92 Å². The number of nitrogens with zero attached hydrogens (tertiary/aromatic N) is 1. The zero-order chi connectivity index (χ0) is 19.1. The maximum atomic E-state index is 6.32. The zero-order valence-corrected chi connectivity index (χ0v) is 17.0. The van der Waals surface area contributed by atoms with Crippen molar-refractivity contribution in [3.8, 4) is 5.75 Å². The maximum absolute atomic E-state index is 6.32. The van der Waals surface area contributed by atoms with E-state index in [-0.39, 0.29) is 11.6 Å². The van der Waals surface area contributed by atoms with Gasteiger partial charge in [-0.25, -0.2) is 0 Å². The highest BCUT2D eigenvalue weighted by atomic mass is 16.5. The summed E-state index contributed by atoms with van der Waals surface area (Å²) in [6.07, 6.45) is 4.35. The van der Waals surface area contributed by atoms with Crippen LogP contribution in [0.2, 0.25) is 0 Å². The SMILES string of the molecule is CC(C)(N)C1CCOC(c2ccc(OCCCN3CCCOCC3)cc2)C1. The van der Waals surface area contributed by atoms with Crippen molar-refractivity contribution in [2.24, 2.45) is 11.7 Å². The number of ether oxygens (including phenoxy) is 3. The molecule has 27 heavy (non-hydrogen) atoms. The van der Waals surface area contributed by atoms with Crippen molar-refractivity contribution >= 4 is 0 Å². The normalized spacial score (nSPS) is 25.1. The van der Waals surface area contributed by atoms with E-state index in [9.17, 15) is 0 Å². The van der Waals surface area contributed by atoms with Crippen LogP contribution < -0.4 is 10.5 Å². The van der Waals surface area contributed by atoms with Gasteiger partial charge in [0.15, 0.2) is 0 Å². The molecule has 2 aliphatic rings. The van der Waals surface area contributed by atoms with Gasteiger partial charge in [-0.3, -0.25) is 0 Å². The molecule has 1 aromatic carbocycles. The number of rotatable bonds is 7. The molecule has 2 atom stereocenters. The highest BCUT2D eigenvalue weighted by molar-refractivity contribution is 5.29. The Kier molecular flexibility index (Phi) is 7.53. The lowest BCUT2D eigenvalue weighted by Gasteiger charge is -2.37. The van der Waals surface area contributed by atoms with Gasteiger partial charge < -0.3 is 24.8 Å². The molecule has 2 aliphatic heterocycles. The summed E-state index contributed by atoms with van der Waals surface area (Å²) >= 11 is 0. The summed E-state index contributed by atoms with van der Waals surface area (Å²) in [6, 6.07) is 8.40. The monoisotopic (exact) mass is 376 g/mol. The van der Waals surface area contributed by atoms with Gasteiger partial charge >= 0.3 is 0 Å². The summed E-state index contributed by atoms with van der Waals surface area (Å²) in [7, 11) is 0. The molecular formula is C22H36N2O3. The van der Waals surface area contributed by atoms with Crippen LogP contribution >= 0.6 is 0 Å². The third-order valence-corrected chi connectivity index (χ3v) is 5.79. The molecule has 0 amide bonds. The van der Waals surface area contributed by atoms with E-state index < -0.39 is 0 Å². The second-order valence-corrected chi connectivity index (χ2v) is 8.48. The van der Waals surface area contributed by atoms with Crippen molar-refractivity contribution in [1.29, 1.82) is 0 Å². The summed E-state index contributed by atoms with van der Waals surface area (Å²) in [4.78, 5) is 2.47. The second kappa shape index (κ2) is 9.87. The molecular weight excluding hydrogens is 340 g/mol. The van der Waals surface area contributed by atoms with E-state index in [0.29, 0.717) is 5.92 Å². The molecule has 2 N–H and O–H groups in total. The van der Waals surface area contributed by atoms with Gasteiger partial charge in [0, 0.05) is 38.4 Å². The Morgan fingerprint density at radius 2 is 1.96 bits per heavy atom. The minimum absolute atomic E-state index is 0.144. The number of nitrogens with two attached hydrogens (primary N) is 1. The van der Waals surface area contributed by atoms with Crippen LogP contribution in [-0.2, 0) is 9.47 Å². The fourth-order valence-electron chi connectivity index (χ4n) is 3.98. The molecule has 0 bridgehead atoms. The number of hydrogen-bond acceptors (Lipinski definition) is 5. The Bertz CT molecular complexity index is 548. The summed E-state index contributed by atoms with van der Waals surface area (Å²) in [5.41, 5.74) is 7.39. The van der Waals surface area contributed by atoms with Crippen molar-refractivity contribution in [3.63, 3.8) is 0 Å². The number of hydrogen-bond donors (Lipinski definition) is 1. The average Bonchev–Trinajstić information content (AvgIpc) is 2.94. The molecule has 2 fully saturated rings. The van der Waals surface area contributed by atoms with E-state index in [1.54, 1.807) is 0 Å². The number of benzene rings is 1. The van der Waals surface area contributed by atoms with Gasteiger partial charge in [-0.15, -0.1) is 0 Å². The van der Waals surface area contributed by atoms with Gasteiger partial charge in [0.2, 0.25) is 0 Å². The molecule has 0 spiro atoms. The molecule has 5 heteroatoms. The van der Waals surface area contributed by atoms with Crippen molar-refractivity contribution in [2.75, 3.05) is 46.1 Å². The van der Waals surface area contributed by atoms with E-state index in [4.69, 9.17) is 19.9 Å². The molecule has 3 rings (SSSR count). The Balaban J connectivity index is 1.42. The van der Waals surface area contributed by atoms with Crippen LogP contribution in [0.5, 0.6) is 5.75 Å². The first-order valence-corrected chi connectivity index (χ1v) is 10.5. The first-order chi connectivity index (χ1) is 13.0. The van der Waals surface area contributed by atoms with Crippen LogP contribution in [0.3, 0.4) is 0 Å². The Morgan fingerprint density at radius 1 is 1.15 bits per heavy atom. The Hall–Kier alpha value is -1.14. The highest BCUT2D eigenvalue weighted by Crippen LogP contribution is 2.36. The van der Waals surface area contributed by atoms with Crippen molar-refractivity contribution < 1.29 is 14.2 Å². The Morgan fingerprint density at radius 3 is 2.74 bits per heavy atom. The zero-order valence-electron chi connectivity index (χ0n) is 17.0. The van der Waals surface area contributed by atoms with E-state index in [1.807, 2.05) is 0 Å². The van der Waals surface area contributed by atoms with Gasteiger partial charge in [0.25, 0.3) is 0 Å². The quantitative estimate of drug-likeness (QED) is 0.739. The minimum atomic E-state index is -0.148. The lowest BCUT2D eigenvalue weighted by Crippen LogP contribution is -2.44. The van der Waals surface area contributed by atoms with Gasteiger partial charge in [0.05, 0.1) is 19.3 Å². The third-order valence-electron chi connectivity index (χ3n) is 5.79. The lowest BCUT2D eigenvalue weighted by atomic mass is 9.79. The van der Waals surface area contributed by atoms with E-state index in [2.05, 4.69) is 43.0 Å². The molecule has 2 heterocycles. The molecule has 0 radical (unpaired) electrons. The Labute approximate surface area is 164 Å². The molecule has 0 saturated carbocycles. The van der Waals surface area contributed by atoms with Crippen LogP contribution in [0.15, 0.2) is 24.3 Å². The predicted octanol–water partition coefficient (Wildman–Crippen LogP) is 3.38. The largest absolute Gasteiger partial charge is 0.494 e. The van der Waals surface area contributed by atoms with Crippen LogP contribution in [0.25, 0.3) is 0 Å². The highest BCUT2D eigenvalue weighted by Gasteiger charge is 2.32. The molecule has 0 aliphatic carbocycles. The molecule has 152 valence electrons. The maximum Gasteiger partial charge on any atom is 0.119 e. The standard InChI is InChI=1S/C22H36N2O3/c1-22(2,23)19-9-15-27-21(17-19)18-5-7-20(8-6-18)26-14-4-11-24-10-3-13-25-16-12-24/h5-8,19,21H,3-4,9-17,23H2,1-2H3. The van der Waals surface area contributed by atoms with Crippen molar-refractivity contribution in [1.82, 2.24) is 4.90 Å². The smallest absolute Gasteiger partial charge is 0.119 e. The fraction of sp³-hybridized carbons (Fsp3) is 0.727. The fourth-order valence-corrected chi connectivity index (χ4v) is 3.98. The average molecular weight is 377 g/mol. The molecule has 5 nitrogen and oxygen atoms in total. The topological polar surface area (TPSA) is 57.0 Å². The molecule has 2 saturated heterocycles. The van der Waals surface area contributed by atoms with Gasteiger partial charge in [0.1, 0.15) is 5.75 Å². The van der Waals surface area contributed by atoms with Crippen LogP contribution in [0.4, 0.5) is 0 Å². The van der Waals surface area contributed by atoms with Crippen molar-refractivity contribution in [2.45, 2.75) is 51.2 Å². The molecule has 1 aromatic rings. The second-order valence-electron chi connectivity index (χ2n) is 8.48. The molecule has 0 aromatic heterocycles. The predicted molar refractivity (Wildman–Crippen MR) is 108 cm³/mol. The first kappa shape index (κ1) is 20.6. The lowest BCUT2D eigenvalue weighted by molar-refractivity contribution is -0.0249. The van der Waals surface area contributed by atoms with E-state index >= 15 is 0 Å². The summed E-state index contributed by atoms with van der Waals surface area (Å²) < 4.78 is 17.4. The first-order valence-electron chi connectivity index (χ1n) is 10.5. The van der Waals surface area contributed by atoms with Gasteiger partial charge in [-0.2, -0.15) is 0 Å². The van der Waals surface area contributed by atoms with Crippen LogP contribution in [-0.4, -0.2) is 56.5 Å². The van der Waals surface area contributed by atoms with Crippen molar-refractivity contribution in [3.05, 3.63) is 29.8 Å². The van der Waals surface area contributed by atoms with E-state index in [1.165, 1.54) is 5.56 Å². The van der Waals surface area contributed by atoms with E-state index in [0.717, 1.165) is 77.5 Å². The summed E-state index contributed by atoms with van der Waals surface area (Å²) in [5.74, 6) is 1.43. The minimum Gasteiger partial charge on any atom is -0.494 e. The van der Waals surface area contributed by atoms with Crippen LogP contribution in [0.1, 0.15) is 51.2 Å². The summed E-state index contributed by atoms with van der Waals surface area (Å²) in [6.45, 7) is 10.8. The van der Waals surface area contributed by atoms with Gasteiger partial charge in [-0.1, -0.05) is 12.1 Å². The molecule has 2 unspecified atom stereocenters. The van der Waals surface area contributed by atoms with Gasteiger partial charge in [-0.05, 0) is 63.1 Å². The summed E-state index contributed by atoms with van der Waals surface area (Å²) in [5, 5.41) is 0. The third kappa shape index (κ3) is 6.46.